The van der Waals surface area contributed by atoms with Crippen LogP contribution in [-0.4, -0.2) is 29.9 Å². The fourth-order valence-electron chi connectivity index (χ4n) is 13.3. The van der Waals surface area contributed by atoms with Crippen molar-refractivity contribution in [3.8, 4) is 124 Å². The second-order valence-corrected chi connectivity index (χ2v) is 31.2. The number of aromatic nitrogens is 6. The molecule has 106 heavy (non-hydrogen) atoms. The quantitative estimate of drug-likeness (QED) is 0.0829. The molecular formula is C96H68N6O2P2. The van der Waals surface area contributed by atoms with Gasteiger partial charge in [0.1, 0.15) is 0 Å². The van der Waals surface area contributed by atoms with Crippen LogP contribution in [0.25, 0.3) is 124 Å². The van der Waals surface area contributed by atoms with Gasteiger partial charge in [-0.1, -0.05) is 400 Å². The lowest BCUT2D eigenvalue weighted by molar-refractivity contribution is 0.591. The van der Waals surface area contributed by atoms with E-state index >= 15 is 0 Å². The van der Waals surface area contributed by atoms with Crippen molar-refractivity contribution in [3.05, 3.63) is 413 Å². The Kier molecular flexibility index (Phi) is 19.5. The van der Waals surface area contributed by atoms with Gasteiger partial charge in [0.2, 0.25) is 0 Å². The molecule has 17 aromatic rings. The molecule has 17 rings (SSSR count). The highest BCUT2D eigenvalue weighted by molar-refractivity contribution is 7.85. The fraction of sp³-hybridized carbons (Fsp3) is 0. The molecule has 0 atom stereocenters. The van der Waals surface area contributed by atoms with Crippen molar-refractivity contribution in [1.82, 2.24) is 29.9 Å². The molecule has 2 heterocycles. The maximum absolute atomic E-state index is 14.8. The average Bonchev–Trinajstić information content (AvgIpc) is 0.772. The number of nitrogens with zero attached hydrogens (tertiary/aromatic N) is 6. The first-order chi connectivity index (χ1) is 52.3. The van der Waals surface area contributed by atoms with Gasteiger partial charge in [-0.3, -0.25) is 0 Å². The van der Waals surface area contributed by atoms with Gasteiger partial charge >= 0.3 is 0 Å². The molecular weight excluding hydrogens is 1330 g/mol. The molecule has 0 spiro atoms. The number of rotatable bonds is 17. The molecule has 0 aliphatic rings. The number of hydrogen-bond acceptors (Lipinski definition) is 8. The topological polar surface area (TPSA) is 111 Å². The molecule has 0 radical (unpaired) electrons. The number of hydrogen-bond donors (Lipinski definition) is 0. The van der Waals surface area contributed by atoms with Gasteiger partial charge in [-0.25, -0.2) is 29.9 Å². The van der Waals surface area contributed by atoms with Crippen LogP contribution >= 0.6 is 14.3 Å². The Balaban J connectivity index is 0.000000164. The molecule has 2 aromatic heterocycles. The largest absolute Gasteiger partial charge is 0.309 e. The van der Waals surface area contributed by atoms with Gasteiger partial charge in [-0.05, 0) is 67.8 Å². The lowest BCUT2D eigenvalue weighted by Crippen LogP contribution is -2.24. The summed E-state index contributed by atoms with van der Waals surface area (Å²) in [5.74, 6) is 3.82. The maximum Gasteiger partial charge on any atom is 0.171 e. The molecule has 0 amide bonds. The van der Waals surface area contributed by atoms with Gasteiger partial charge < -0.3 is 9.13 Å². The molecule has 0 N–H and O–H groups in total. The molecule has 504 valence electrons. The lowest BCUT2D eigenvalue weighted by atomic mass is 9.97. The molecule has 15 aromatic carbocycles. The summed E-state index contributed by atoms with van der Waals surface area (Å²) in [7, 11) is -6.04. The molecule has 0 fully saturated rings. The third kappa shape index (κ3) is 14.5. The van der Waals surface area contributed by atoms with Crippen LogP contribution in [0.5, 0.6) is 0 Å². The van der Waals surface area contributed by atoms with Crippen molar-refractivity contribution in [2.75, 3.05) is 0 Å². The van der Waals surface area contributed by atoms with E-state index in [1.807, 2.05) is 279 Å². The highest BCUT2D eigenvalue weighted by atomic mass is 31.2. The Morgan fingerprint density at radius 3 is 0.500 bits per heavy atom. The molecule has 0 bridgehead atoms. The third-order valence-electron chi connectivity index (χ3n) is 18.9. The Hall–Kier alpha value is -13.2. The minimum atomic E-state index is -3.02. The minimum Gasteiger partial charge on any atom is -0.309 e. The van der Waals surface area contributed by atoms with Crippen LogP contribution in [0.3, 0.4) is 0 Å². The summed E-state index contributed by atoms with van der Waals surface area (Å²) in [6.07, 6.45) is 0. The van der Waals surface area contributed by atoms with E-state index in [9.17, 15) is 9.13 Å². The first kappa shape index (κ1) is 67.3. The third-order valence-corrected chi connectivity index (χ3v) is 25.1. The van der Waals surface area contributed by atoms with Crippen LogP contribution in [0.15, 0.2) is 413 Å². The van der Waals surface area contributed by atoms with Gasteiger partial charge in [-0.15, -0.1) is 0 Å². The summed E-state index contributed by atoms with van der Waals surface area (Å²) in [4.78, 5) is 29.3. The van der Waals surface area contributed by atoms with Crippen molar-refractivity contribution < 1.29 is 9.13 Å². The van der Waals surface area contributed by atoms with E-state index < -0.39 is 14.3 Å². The predicted octanol–water partition coefficient (Wildman–Crippen LogP) is 21.4. The monoisotopic (exact) mass is 1400 g/mol. The Labute approximate surface area is 617 Å². The second-order valence-electron chi connectivity index (χ2n) is 25.6. The molecule has 10 heteroatoms. The normalized spacial score (nSPS) is 11.3. The van der Waals surface area contributed by atoms with Crippen LogP contribution < -0.4 is 31.8 Å². The van der Waals surface area contributed by atoms with E-state index in [2.05, 4.69) is 133 Å². The predicted molar refractivity (Wildman–Crippen MR) is 438 cm³/mol. The number of benzene rings is 15. The molecule has 0 aliphatic carbocycles. The summed E-state index contributed by atoms with van der Waals surface area (Å²) >= 11 is 0. The van der Waals surface area contributed by atoms with Gasteiger partial charge in [0, 0.05) is 65.2 Å². The van der Waals surface area contributed by atoms with Crippen molar-refractivity contribution in [3.63, 3.8) is 0 Å². The van der Waals surface area contributed by atoms with Crippen molar-refractivity contribution in [1.29, 1.82) is 0 Å². The van der Waals surface area contributed by atoms with Gasteiger partial charge in [0.25, 0.3) is 0 Å². The summed E-state index contributed by atoms with van der Waals surface area (Å²) in [5, 5.41) is 4.96. The van der Waals surface area contributed by atoms with Crippen LogP contribution in [0.2, 0.25) is 0 Å². The standard InChI is InChI=1S/C51H36N3OP.C45H32N3OP/c55-56(46-20-9-3-10-21-46,47-22-11-4-12-23-47)48-34-32-40(33-35-48)39-26-24-37(25-27-39)38-28-30-41(31-29-38)44-18-13-19-45(36-44)51-53-49(42-14-5-1-6-15-42)52-50(54-51)43-16-7-2-8-17-43;49-50(40-20-9-3-10-21-40,41-22-11-4-12-23-41)42-30-28-34(29-31-42)33-24-26-35(27-25-33)38-18-13-19-39(32-38)45-47-43(36-14-5-1-6-15-36)46-44(48-45)37-16-7-2-8-17-37/h1-36H;1-32H. The zero-order chi connectivity index (χ0) is 71.5. The maximum atomic E-state index is 14.8. The molecule has 8 nitrogen and oxygen atoms in total. The molecule has 0 aliphatic heterocycles. The lowest BCUT2D eigenvalue weighted by Gasteiger charge is -2.20. The molecule has 0 saturated carbocycles. The summed E-state index contributed by atoms with van der Waals surface area (Å²) in [6, 6.07) is 138. The van der Waals surface area contributed by atoms with E-state index in [4.69, 9.17) is 29.9 Å². The van der Waals surface area contributed by atoms with E-state index in [1.54, 1.807) is 0 Å². The van der Waals surface area contributed by atoms with Crippen LogP contribution in [0.4, 0.5) is 0 Å². The molecule has 0 saturated heterocycles. The zero-order valence-electron chi connectivity index (χ0n) is 57.7. The summed E-state index contributed by atoms with van der Waals surface area (Å²) in [5.41, 5.74) is 16.6. The summed E-state index contributed by atoms with van der Waals surface area (Å²) in [6.45, 7) is 0. The van der Waals surface area contributed by atoms with Crippen LogP contribution in [-0.2, 0) is 9.13 Å². The average molecular weight is 1400 g/mol. The zero-order valence-corrected chi connectivity index (χ0v) is 59.4. The van der Waals surface area contributed by atoms with Gasteiger partial charge in [0.05, 0.1) is 0 Å². The smallest absolute Gasteiger partial charge is 0.171 e. The van der Waals surface area contributed by atoms with E-state index in [0.717, 1.165) is 121 Å². The SMILES string of the molecule is O=P(c1ccccc1)(c1ccccc1)c1ccc(-c2ccc(-c3ccc(-c4cccc(-c5nc(-c6ccccc6)nc(-c6ccccc6)n5)c4)cc3)cc2)cc1.O=P(c1ccccc1)(c1ccccc1)c1ccc(-c2ccc(-c3cccc(-c4nc(-c5ccccc5)nc(-c5ccccc5)n4)c3)cc2)cc1. The highest BCUT2D eigenvalue weighted by Gasteiger charge is 2.31. The van der Waals surface area contributed by atoms with E-state index in [0.29, 0.717) is 34.9 Å². The highest BCUT2D eigenvalue weighted by Crippen LogP contribution is 2.45. The Bertz CT molecular complexity index is 5730. The van der Waals surface area contributed by atoms with Gasteiger partial charge in [0.15, 0.2) is 49.2 Å². The van der Waals surface area contributed by atoms with E-state index in [-0.39, 0.29) is 0 Å². The summed E-state index contributed by atoms with van der Waals surface area (Å²) < 4.78 is 29.5. The Morgan fingerprint density at radius 1 is 0.132 bits per heavy atom. The minimum absolute atomic E-state index is 0.625. The van der Waals surface area contributed by atoms with Crippen LogP contribution in [0, 0.1) is 0 Å². The first-order valence-corrected chi connectivity index (χ1v) is 38.6. The first-order valence-electron chi connectivity index (χ1n) is 35.2. The van der Waals surface area contributed by atoms with E-state index in [1.165, 1.54) is 0 Å². The van der Waals surface area contributed by atoms with Crippen molar-refractivity contribution >= 4 is 46.1 Å². The van der Waals surface area contributed by atoms with Gasteiger partial charge in [-0.2, -0.15) is 0 Å². The Morgan fingerprint density at radius 2 is 0.283 bits per heavy atom. The van der Waals surface area contributed by atoms with Crippen LogP contribution in [0.1, 0.15) is 0 Å². The fourth-order valence-corrected chi connectivity index (χ4v) is 18.6. The van der Waals surface area contributed by atoms with Crippen molar-refractivity contribution in [2.24, 2.45) is 0 Å². The van der Waals surface area contributed by atoms with Crippen molar-refractivity contribution in [2.45, 2.75) is 0 Å². The molecule has 0 unspecified atom stereocenters. The second kappa shape index (κ2) is 30.8.